The molecule has 0 heterocycles. The number of phenolic OH excluding ortho intramolecular Hbond substituents is 1. The molecule has 156 valence electrons. The summed E-state index contributed by atoms with van der Waals surface area (Å²) in [6.07, 6.45) is 0. The van der Waals surface area contributed by atoms with Crippen LogP contribution in [0.25, 0.3) is 33.4 Å². The third kappa shape index (κ3) is 3.88. The molecule has 0 aliphatic heterocycles. The van der Waals surface area contributed by atoms with E-state index in [1.54, 1.807) is 0 Å². The van der Waals surface area contributed by atoms with Crippen molar-refractivity contribution in [1.29, 1.82) is 0 Å². The number of aryl methyl sites for hydroxylation is 6. The van der Waals surface area contributed by atoms with E-state index < -0.39 is 0 Å². The Morgan fingerprint density at radius 3 is 1.26 bits per heavy atom. The first-order chi connectivity index (χ1) is 14.8. The standard InChI is InChI=1S/C30H30O/c1-18-12-20(3)28(21(4)13-18)26-16-25(24-10-8-7-9-11-24)17-27(30(26)31)29-22(5)14-19(2)15-23(29)6/h7-17,31H,1-6H3. The van der Waals surface area contributed by atoms with E-state index in [1.165, 1.54) is 33.4 Å². The summed E-state index contributed by atoms with van der Waals surface area (Å²) in [5.41, 5.74) is 13.5. The number of aromatic hydroxyl groups is 1. The molecular weight excluding hydrogens is 376 g/mol. The Labute approximate surface area is 186 Å². The minimum atomic E-state index is 0.352. The van der Waals surface area contributed by atoms with Crippen LogP contribution in [0.5, 0.6) is 5.75 Å². The van der Waals surface area contributed by atoms with Crippen molar-refractivity contribution in [2.24, 2.45) is 0 Å². The van der Waals surface area contributed by atoms with Crippen LogP contribution >= 0.6 is 0 Å². The monoisotopic (exact) mass is 406 g/mol. The van der Waals surface area contributed by atoms with E-state index in [9.17, 15) is 5.11 Å². The SMILES string of the molecule is Cc1cc(C)c(-c2cc(-c3ccccc3)cc(-c3c(C)cc(C)cc3C)c2O)c(C)c1. The zero-order valence-corrected chi connectivity index (χ0v) is 19.3. The fraction of sp³-hybridized carbons (Fsp3) is 0.200. The number of benzene rings is 4. The van der Waals surface area contributed by atoms with Crippen molar-refractivity contribution in [2.45, 2.75) is 41.5 Å². The molecule has 1 N–H and O–H groups in total. The van der Waals surface area contributed by atoms with E-state index in [0.717, 1.165) is 33.4 Å². The zero-order chi connectivity index (χ0) is 22.3. The van der Waals surface area contributed by atoms with Gasteiger partial charge in [-0.25, -0.2) is 0 Å². The van der Waals surface area contributed by atoms with Gasteiger partial charge < -0.3 is 5.11 Å². The molecule has 1 nitrogen and oxygen atoms in total. The molecule has 0 amide bonds. The summed E-state index contributed by atoms with van der Waals surface area (Å²) in [7, 11) is 0. The Hall–Kier alpha value is -3.32. The van der Waals surface area contributed by atoms with Gasteiger partial charge in [0.25, 0.3) is 0 Å². The van der Waals surface area contributed by atoms with Crippen LogP contribution in [0.1, 0.15) is 33.4 Å². The van der Waals surface area contributed by atoms with E-state index in [0.29, 0.717) is 5.75 Å². The molecule has 4 aromatic rings. The second kappa shape index (κ2) is 8.07. The van der Waals surface area contributed by atoms with E-state index >= 15 is 0 Å². The smallest absolute Gasteiger partial charge is 0.131 e. The molecule has 0 bridgehead atoms. The molecule has 0 spiro atoms. The Kier molecular flexibility index (Phi) is 5.45. The summed E-state index contributed by atoms with van der Waals surface area (Å²) in [6, 6.07) is 23.5. The summed E-state index contributed by atoms with van der Waals surface area (Å²) < 4.78 is 0. The van der Waals surface area contributed by atoms with Crippen molar-refractivity contribution in [2.75, 3.05) is 0 Å². The van der Waals surface area contributed by atoms with Gasteiger partial charge in [0.2, 0.25) is 0 Å². The Bertz CT molecular complexity index is 1150. The topological polar surface area (TPSA) is 20.2 Å². The predicted octanol–water partition coefficient (Wildman–Crippen LogP) is 8.24. The largest absolute Gasteiger partial charge is 0.507 e. The van der Waals surface area contributed by atoms with Crippen LogP contribution in [0.15, 0.2) is 66.7 Å². The molecule has 0 atom stereocenters. The van der Waals surface area contributed by atoms with Crippen molar-refractivity contribution in [3.05, 3.63) is 100 Å². The minimum absolute atomic E-state index is 0.352. The lowest BCUT2D eigenvalue weighted by molar-refractivity contribution is 0.479. The zero-order valence-electron chi connectivity index (χ0n) is 19.3. The Morgan fingerprint density at radius 2 is 0.871 bits per heavy atom. The van der Waals surface area contributed by atoms with Crippen molar-refractivity contribution in [1.82, 2.24) is 0 Å². The van der Waals surface area contributed by atoms with Gasteiger partial charge in [-0.3, -0.25) is 0 Å². The highest BCUT2D eigenvalue weighted by Crippen LogP contribution is 2.45. The number of rotatable bonds is 3. The maximum Gasteiger partial charge on any atom is 0.131 e. The van der Waals surface area contributed by atoms with Gasteiger partial charge in [0.15, 0.2) is 0 Å². The molecule has 0 aliphatic carbocycles. The first-order valence-electron chi connectivity index (χ1n) is 10.8. The first-order valence-corrected chi connectivity index (χ1v) is 10.8. The number of phenols is 1. The van der Waals surface area contributed by atoms with Gasteiger partial charge in [-0.05, 0) is 98.2 Å². The third-order valence-corrected chi connectivity index (χ3v) is 6.11. The molecule has 31 heavy (non-hydrogen) atoms. The first kappa shape index (κ1) is 20.9. The summed E-state index contributed by atoms with van der Waals surface area (Å²) in [4.78, 5) is 0. The molecule has 0 fully saturated rings. The van der Waals surface area contributed by atoms with Gasteiger partial charge in [-0.2, -0.15) is 0 Å². The lowest BCUT2D eigenvalue weighted by atomic mass is 9.85. The Balaban J connectivity index is 2.09. The summed E-state index contributed by atoms with van der Waals surface area (Å²) >= 11 is 0. The highest BCUT2D eigenvalue weighted by molar-refractivity contribution is 5.91. The predicted molar refractivity (Wildman–Crippen MR) is 133 cm³/mol. The average molecular weight is 407 g/mol. The molecule has 0 saturated heterocycles. The maximum atomic E-state index is 11.6. The van der Waals surface area contributed by atoms with Crippen molar-refractivity contribution >= 4 is 0 Å². The fourth-order valence-corrected chi connectivity index (χ4v) is 5.02. The molecule has 0 radical (unpaired) electrons. The van der Waals surface area contributed by atoms with Gasteiger partial charge in [-0.15, -0.1) is 0 Å². The molecule has 4 aromatic carbocycles. The number of hydrogen-bond donors (Lipinski definition) is 1. The molecule has 4 rings (SSSR count). The van der Waals surface area contributed by atoms with E-state index in [-0.39, 0.29) is 0 Å². The Morgan fingerprint density at radius 1 is 0.484 bits per heavy atom. The molecule has 0 saturated carbocycles. The van der Waals surface area contributed by atoms with Crippen molar-refractivity contribution < 1.29 is 5.11 Å². The van der Waals surface area contributed by atoms with Gasteiger partial charge in [0.1, 0.15) is 5.75 Å². The lowest BCUT2D eigenvalue weighted by Crippen LogP contribution is -1.96. The second-order valence-electron chi connectivity index (χ2n) is 8.83. The van der Waals surface area contributed by atoms with E-state index in [1.807, 2.05) is 6.07 Å². The summed E-state index contributed by atoms with van der Waals surface area (Å²) in [6.45, 7) is 12.8. The molecular formula is C30H30O. The van der Waals surface area contributed by atoms with Crippen molar-refractivity contribution in [3.8, 4) is 39.1 Å². The van der Waals surface area contributed by atoms with Gasteiger partial charge >= 0.3 is 0 Å². The molecule has 0 aliphatic rings. The summed E-state index contributed by atoms with van der Waals surface area (Å²) in [5, 5.41) is 11.6. The van der Waals surface area contributed by atoms with Crippen LogP contribution in [-0.2, 0) is 0 Å². The van der Waals surface area contributed by atoms with Crippen LogP contribution in [0, 0.1) is 41.5 Å². The second-order valence-corrected chi connectivity index (χ2v) is 8.83. The van der Waals surface area contributed by atoms with Crippen molar-refractivity contribution in [3.63, 3.8) is 0 Å². The third-order valence-electron chi connectivity index (χ3n) is 6.11. The molecule has 0 aromatic heterocycles. The average Bonchev–Trinajstić information content (AvgIpc) is 2.69. The quantitative estimate of drug-likeness (QED) is 0.363. The van der Waals surface area contributed by atoms with Gasteiger partial charge in [-0.1, -0.05) is 65.7 Å². The normalized spacial score (nSPS) is 11.0. The molecule has 0 unspecified atom stereocenters. The fourth-order valence-electron chi connectivity index (χ4n) is 5.02. The van der Waals surface area contributed by atoms with Gasteiger partial charge in [0.05, 0.1) is 0 Å². The van der Waals surface area contributed by atoms with Crippen LogP contribution < -0.4 is 0 Å². The van der Waals surface area contributed by atoms with Crippen LogP contribution in [0.3, 0.4) is 0 Å². The minimum Gasteiger partial charge on any atom is -0.507 e. The lowest BCUT2D eigenvalue weighted by Gasteiger charge is -2.20. The summed E-state index contributed by atoms with van der Waals surface area (Å²) in [5.74, 6) is 0.352. The van der Waals surface area contributed by atoms with Crippen LogP contribution in [-0.4, -0.2) is 5.11 Å². The van der Waals surface area contributed by atoms with E-state index in [2.05, 4.69) is 102 Å². The number of hydrogen-bond acceptors (Lipinski definition) is 1. The van der Waals surface area contributed by atoms with Crippen LogP contribution in [0.2, 0.25) is 0 Å². The van der Waals surface area contributed by atoms with E-state index in [4.69, 9.17) is 0 Å². The highest BCUT2D eigenvalue weighted by Gasteiger charge is 2.19. The highest BCUT2D eigenvalue weighted by atomic mass is 16.3. The van der Waals surface area contributed by atoms with Gasteiger partial charge in [0, 0.05) is 11.1 Å². The molecule has 1 heteroatoms. The van der Waals surface area contributed by atoms with Crippen LogP contribution in [0.4, 0.5) is 0 Å². The maximum absolute atomic E-state index is 11.6.